The lowest BCUT2D eigenvalue weighted by atomic mass is 10.0. The molecule has 0 unspecified atom stereocenters. The van der Waals surface area contributed by atoms with Crippen molar-refractivity contribution >= 4 is 17.7 Å². The standard InChI is InChI=1S/C17H24ClNO2/c1-5-12(11-19-17(2,3)4)8-13-9-14(18)16-15(10-13)20-6-7-21-16/h8-10,19H,5-7,11H2,1-4H3. The fourth-order valence-corrected chi connectivity index (χ4v) is 2.38. The third-order valence-corrected chi connectivity index (χ3v) is 3.57. The Balaban J connectivity index is 2.20. The first-order valence-electron chi connectivity index (χ1n) is 7.42. The van der Waals surface area contributed by atoms with E-state index in [1.807, 2.05) is 12.1 Å². The first-order valence-corrected chi connectivity index (χ1v) is 7.80. The lowest BCUT2D eigenvalue weighted by molar-refractivity contribution is 0.171. The van der Waals surface area contributed by atoms with Crippen molar-refractivity contribution in [2.24, 2.45) is 0 Å². The van der Waals surface area contributed by atoms with E-state index in [1.165, 1.54) is 5.57 Å². The molecule has 1 aromatic rings. The fraction of sp³-hybridized carbons (Fsp3) is 0.529. The number of rotatable bonds is 4. The van der Waals surface area contributed by atoms with Crippen LogP contribution in [0.1, 0.15) is 39.7 Å². The van der Waals surface area contributed by atoms with E-state index in [-0.39, 0.29) is 5.54 Å². The number of nitrogens with one attached hydrogen (secondary N) is 1. The molecular formula is C17H24ClNO2. The average molecular weight is 310 g/mol. The highest BCUT2D eigenvalue weighted by atomic mass is 35.5. The molecule has 0 fully saturated rings. The van der Waals surface area contributed by atoms with Gasteiger partial charge in [0.15, 0.2) is 11.5 Å². The van der Waals surface area contributed by atoms with Crippen molar-refractivity contribution in [2.75, 3.05) is 19.8 Å². The maximum atomic E-state index is 6.27. The molecule has 116 valence electrons. The minimum absolute atomic E-state index is 0.110. The van der Waals surface area contributed by atoms with E-state index < -0.39 is 0 Å². The van der Waals surface area contributed by atoms with Gasteiger partial charge in [0.2, 0.25) is 0 Å². The van der Waals surface area contributed by atoms with E-state index in [9.17, 15) is 0 Å². The zero-order valence-electron chi connectivity index (χ0n) is 13.3. The highest BCUT2D eigenvalue weighted by Gasteiger charge is 2.16. The van der Waals surface area contributed by atoms with Crippen LogP contribution in [0, 0.1) is 0 Å². The Morgan fingerprint density at radius 1 is 1.29 bits per heavy atom. The molecule has 0 atom stereocenters. The average Bonchev–Trinajstić information content (AvgIpc) is 2.42. The van der Waals surface area contributed by atoms with Gasteiger partial charge in [-0.3, -0.25) is 0 Å². The molecule has 1 aromatic carbocycles. The molecule has 4 heteroatoms. The maximum absolute atomic E-state index is 6.27. The Labute approximate surface area is 132 Å². The van der Waals surface area contributed by atoms with Crippen LogP contribution in [-0.4, -0.2) is 25.3 Å². The predicted octanol–water partition coefficient (Wildman–Crippen LogP) is 4.29. The molecule has 3 nitrogen and oxygen atoms in total. The Bertz CT molecular complexity index is 532. The smallest absolute Gasteiger partial charge is 0.179 e. The van der Waals surface area contributed by atoms with Crippen LogP contribution in [0.5, 0.6) is 11.5 Å². The van der Waals surface area contributed by atoms with Gasteiger partial charge in [-0.25, -0.2) is 0 Å². The molecule has 0 saturated heterocycles. The summed E-state index contributed by atoms with van der Waals surface area (Å²) in [6.45, 7) is 10.7. The van der Waals surface area contributed by atoms with Crippen LogP contribution in [0.4, 0.5) is 0 Å². The molecule has 0 aromatic heterocycles. The molecule has 0 bridgehead atoms. The predicted molar refractivity (Wildman–Crippen MR) is 88.5 cm³/mol. The van der Waals surface area contributed by atoms with E-state index >= 15 is 0 Å². The Morgan fingerprint density at radius 3 is 2.67 bits per heavy atom. The topological polar surface area (TPSA) is 30.5 Å². The van der Waals surface area contributed by atoms with Gasteiger partial charge in [-0.2, -0.15) is 0 Å². The van der Waals surface area contributed by atoms with Crippen LogP contribution >= 0.6 is 11.6 Å². The molecule has 0 radical (unpaired) electrons. The highest BCUT2D eigenvalue weighted by molar-refractivity contribution is 6.32. The van der Waals surface area contributed by atoms with Gasteiger partial charge in [-0.05, 0) is 44.9 Å². The molecule has 2 rings (SSSR count). The zero-order valence-corrected chi connectivity index (χ0v) is 14.0. The molecule has 0 aliphatic carbocycles. The lowest BCUT2D eigenvalue weighted by Gasteiger charge is -2.22. The van der Waals surface area contributed by atoms with Gasteiger partial charge < -0.3 is 14.8 Å². The second kappa shape index (κ2) is 6.71. The van der Waals surface area contributed by atoms with E-state index in [1.54, 1.807) is 0 Å². The van der Waals surface area contributed by atoms with Gasteiger partial charge in [0.25, 0.3) is 0 Å². The largest absolute Gasteiger partial charge is 0.486 e. The summed E-state index contributed by atoms with van der Waals surface area (Å²) >= 11 is 6.27. The molecule has 1 aliphatic heterocycles. The van der Waals surface area contributed by atoms with Gasteiger partial charge in [0, 0.05) is 12.1 Å². The Hall–Kier alpha value is -1.19. The minimum atomic E-state index is 0.110. The number of halogens is 1. The number of ether oxygens (including phenoxy) is 2. The van der Waals surface area contributed by atoms with E-state index in [2.05, 4.69) is 39.1 Å². The maximum Gasteiger partial charge on any atom is 0.179 e. The third-order valence-electron chi connectivity index (χ3n) is 3.29. The van der Waals surface area contributed by atoms with E-state index in [0.29, 0.717) is 24.0 Å². The summed E-state index contributed by atoms with van der Waals surface area (Å²) in [6.07, 6.45) is 3.16. The quantitative estimate of drug-likeness (QED) is 0.900. The third kappa shape index (κ3) is 4.65. The molecule has 0 amide bonds. The summed E-state index contributed by atoms with van der Waals surface area (Å²) in [5.41, 5.74) is 2.49. The Kier molecular flexibility index (Phi) is 5.17. The second-order valence-electron chi connectivity index (χ2n) is 6.29. The number of hydrogen-bond donors (Lipinski definition) is 1. The SMILES string of the molecule is CCC(=Cc1cc(Cl)c2c(c1)OCCO2)CNC(C)(C)C. The molecule has 0 spiro atoms. The summed E-state index contributed by atoms with van der Waals surface area (Å²) in [7, 11) is 0. The molecule has 1 heterocycles. The molecule has 1 N–H and O–H groups in total. The first kappa shape index (κ1) is 16.2. The van der Waals surface area contributed by atoms with E-state index in [4.69, 9.17) is 21.1 Å². The van der Waals surface area contributed by atoms with Crippen LogP contribution in [0.15, 0.2) is 17.7 Å². The number of fused-ring (bicyclic) bond motifs is 1. The van der Waals surface area contributed by atoms with E-state index in [0.717, 1.165) is 24.3 Å². The van der Waals surface area contributed by atoms with Gasteiger partial charge in [0.05, 0.1) is 5.02 Å². The molecule has 0 saturated carbocycles. The number of benzene rings is 1. The summed E-state index contributed by atoms with van der Waals surface area (Å²) in [4.78, 5) is 0. The van der Waals surface area contributed by atoms with Crippen LogP contribution in [0.25, 0.3) is 6.08 Å². The molecule has 1 aliphatic rings. The van der Waals surface area contributed by atoms with Crippen LogP contribution in [-0.2, 0) is 0 Å². The van der Waals surface area contributed by atoms with Crippen molar-refractivity contribution in [2.45, 2.75) is 39.7 Å². The van der Waals surface area contributed by atoms with Crippen molar-refractivity contribution in [3.63, 3.8) is 0 Å². The van der Waals surface area contributed by atoms with Gasteiger partial charge in [-0.1, -0.05) is 30.2 Å². The second-order valence-corrected chi connectivity index (χ2v) is 6.69. The number of hydrogen-bond acceptors (Lipinski definition) is 3. The van der Waals surface area contributed by atoms with Gasteiger partial charge >= 0.3 is 0 Å². The zero-order chi connectivity index (χ0) is 15.5. The highest BCUT2D eigenvalue weighted by Crippen LogP contribution is 2.38. The first-order chi connectivity index (χ1) is 9.89. The van der Waals surface area contributed by atoms with Crippen molar-refractivity contribution < 1.29 is 9.47 Å². The summed E-state index contributed by atoms with van der Waals surface area (Å²) < 4.78 is 11.2. The van der Waals surface area contributed by atoms with Gasteiger partial charge in [-0.15, -0.1) is 0 Å². The van der Waals surface area contributed by atoms with Crippen molar-refractivity contribution in [3.05, 3.63) is 28.3 Å². The van der Waals surface area contributed by atoms with Crippen molar-refractivity contribution in [3.8, 4) is 11.5 Å². The molecular weight excluding hydrogens is 286 g/mol. The monoisotopic (exact) mass is 309 g/mol. The summed E-state index contributed by atoms with van der Waals surface area (Å²) in [5, 5.41) is 4.12. The van der Waals surface area contributed by atoms with Gasteiger partial charge in [0.1, 0.15) is 13.2 Å². The summed E-state index contributed by atoms with van der Waals surface area (Å²) in [5.74, 6) is 1.39. The van der Waals surface area contributed by atoms with Crippen molar-refractivity contribution in [1.29, 1.82) is 0 Å². The van der Waals surface area contributed by atoms with Crippen LogP contribution in [0.2, 0.25) is 5.02 Å². The van der Waals surface area contributed by atoms with Crippen LogP contribution in [0.3, 0.4) is 0 Å². The van der Waals surface area contributed by atoms with Crippen molar-refractivity contribution in [1.82, 2.24) is 5.32 Å². The minimum Gasteiger partial charge on any atom is -0.486 e. The molecule has 21 heavy (non-hydrogen) atoms. The van der Waals surface area contributed by atoms with Crippen LogP contribution < -0.4 is 14.8 Å². The summed E-state index contributed by atoms with van der Waals surface area (Å²) in [6, 6.07) is 3.93. The fourth-order valence-electron chi connectivity index (χ4n) is 2.11. The lowest BCUT2D eigenvalue weighted by Crippen LogP contribution is -2.36. The normalized spacial score (nSPS) is 15.2. The Morgan fingerprint density at radius 2 is 2.00 bits per heavy atom.